The molecule has 2 aromatic carbocycles. The number of esters is 1. The van der Waals surface area contributed by atoms with Gasteiger partial charge in [-0.25, -0.2) is 0 Å². The van der Waals surface area contributed by atoms with Gasteiger partial charge in [-0.3, -0.25) is 9.59 Å². The Labute approximate surface area is 216 Å². The fraction of sp³-hybridized carbons (Fsp3) is 0.500. The molecule has 1 fully saturated rings. The van der Waals surface area contributed by atoms with Crippen LogP contribution in [0, 0.1) is 6.92 Å². The molecule has 1 aliphatic heterocycles. The quantitative estimate of drug-likeness (QED) is 0.281. The van der Waals surface area contributed by atoms with Gasteiger partial charge < -0.3 is 35.0 Å². The Hall–Kier alpha value is -2.82. The number of methoxy groups -OCH3 is 1. The van der Waals surface area contributed by atoms with Gasteiger partial charge in [0.25, 0.3) is 0 Å². The fourth-order valence-corrected chi connectivity index (χ4v) is 4.54. The van der Waals surface area contributed by atoms with Crippen molar-refractivity contribution in [3.05, 3.63) is 64.2 Å². The van der Waals surface area contributed by atoms with Crippen LogP contribution >= 0.6 is 0 Å². The van der Waals surface area contributed by atoms with E-state index in [1.807, 2.05) is 31.2 Å². The monoisotopic (exact) mass is 516 g/mol. The Balaban J connectivity index is 1.64. The molecule has 5 N–H and O–H groups in total. The Kier molecular flexibility index (Phi) is 10.2. The van der Waals surface area contributed by atoms with Crippen LogP contribution in [-0.2, 0) is 31.9 Å². The summed E-state index contributed by atoms with van der Waals surface area (Å²) in [5.74, 6) is -0.449. The summed E-state index contributed by atoms with van der Waals surface area (Å²) in [6, 6.07) is 11.3. The van der Waals surface area contributed by atoms with Crippen molar-refractivity contribution >= 4 is 11.8 Å². The molecule has 0 saturated carbocycles. The highest BCUT2D eigenvalue weighted by Crippen LogP contribution is 2.38. The third-order valence-electron chi connectivity index (χ3n) is 6.86. The third kappa shape index (κ3) is 7.37. The lowest BCUT2D eigenvalue weighted by Gasteiger charge is -2.40. The van der Waals surface area contributed by atoms with Crippen LogP contribution < -0.4 is 0 Å². The van der Waals surface area contributed by atoms with E-state index in [9.17, 15) is 35.1 Å². The number of aromatic hydroxyl groups is 1. The predicted octanol–water partition coefficient (Wildman–Crippen LogP) is 1.65. The Bertz CT molecular complexity index is 1060. The van der Waals surface area contributed by atoms with Crippen LogP contribution in [0.15, 0.2) is 36.4 Å². The van der Waals surface area contributed by atoms with Crippen LogP contribution in [-0.4, -0.2) is 75.4 Å². The van der Waals surface area contributed by atoms with E-state index < -0.39 is 37.1 Å². The first-order valence-corrected chi connectivity index (χ1v) is 12.4. The standard InChI is InChI=1S/C28H36O9/c1-16-12-22(31)21(28-27(35)26(34)25(33)23(15-29)37-28)14-19(16)13-18-8-6-17(7-9-18)4-3-5-20(30)10-11-24(32)36-2/h6-9,12,14,23,25-29,31,33-35H,3-5,10-11,13,15H2,1-2H3/t23-,25-,26+,27-,28+/m1/s1. The molecule has 0 bridgehead atoms. The van der Waals surface area contributed by atoms with Gasteiger partial charge in [-0.05, 0) is 60.6 Å². The Morgan fingerprint density at radius 3 is 2.27 bits per heavy atom. The van der Waals surface area contributed by atoms with Crippen LogP contribution in [0.3, 0.4) is 0 Å². The first kappa shape index (κ1) is 28.7. The van der Waals surface area contributed by atoms with Crippen LogP contribution in [0.2, 0.25) is 0 Å². The minimum atomic E-state index is -1.53. The molecular weight excluding hydrogens is 480 g/mol. The Morgan fingerprint density at radius 1 is 0.946 bits per heavy atom. The van der Waals surface area contributed by atoms with Crippen molar-refractivity contribution in [2.24, 2.45) is 0 Å². The molecule has 0 spiro atoms. The minimum Gasteiger partial charge on any atom is -0.508 e. The van der Waals surface area contributed by atoms with Crippen molar-refractivity contribution < 1.29 is 44.6 Å². The van der Waals surface area contributed by atoms with Crippen molar-refractivity contribution in [3.63, 3.8) is 0 Å². The van der Waals surface area contributed by atoms with Gasteiger partial charge in [0, 0.05) is 18.4 Å². The van der Waals surface area contributed by atoms with Crippen LogP contribution in [0.25, 0.3) is 0 Å². The van der Waals surface area contributed by atoms with E-state index in [1.165, 1.54) is 7.11 Å². The number of rotatable bonds is 11. The number of carbonyl (C=O) groups excluding carboxylic acids is 2. The number of ether oxygens (including phenoxy) is 2. The maximum absolute atomic E-state index is 11.9. The molecule has 0 aliphatic carbocycles. The summed E-state index contributed by atoms with van der Waals surface area (Å²) in [5, 5.41) is 50.7. The third-order valence-corrected chi connectivity index (χ3v) is 6.86. The zero-order valence-corrected chi connectivity index (χ0v) is 21.2. The van der Waals surface area contributed by atoms with Gasteiger partial charge in [0.15, 0.2) is 0 Å². The van der Waals surface area contributed by atoms with E-state index in [1.54, 1.807) is 12.1 Å². The lowest BCUT2D eigenvalue weighted by atomic mass is 9.88. The molecule has 0 unspecified atom stereocenters. The number of aryl methyl sites for hydroxylation is 2. The normalized spacial score (nSPS) is 23.6. The van der Waals surface area contributed by atoms with E-state index in [0.29, 0.717) is 19.3 Å². The van der Waals surface area contributed by atoms with Crippen LogP contribution in [0.5, 0.6) is 5.75 Å². The summed E-state index contributed by atoms with van der Waals surface area (Å²) in [5.41, 5.74) is 4.10. The van der Waals surface area contributed by atoms with Gasteiger partial charge in [0.2, 0.25) is 0 Å². The SMILES string of the molecule is COC(=O)CCC(=O)CCCc1ccc(Cc2cc([C@@H]3O[C@H](CO)[C@@H](O)[C@H](O)[C@H]3O)c(O)cc2C)cc1. The van der Waals surface area contributed by atoms with Gasteiger partial charge in [-0.15, -0.1) is 0 Å². The van der Waals surface area contributed by atoms with Crippen molar-refractivity contribution in [3.8, 4) is 5.75 Å². The van der Waals surface area contributed by atoms with E-state index in [2.05, 4.69) is 4.74 Å². The number of phenolic OH excluding ortho intramolecular Hbond substituents is 1. The maximum atomic E-state index is 11.9. The summed E-state index contributed by atoms with van der Waals surface area (Å²) in [7, 11) is 1.30. The maximum Gasteiger partial charge on any atom is 0.305 e. The van der Waals surface area contributed by atoms with Gasteiger partial charge in [0.1, 0.15) is 42.1 Å². The van der Waals surface area contributed by atoms with Crippen molar-refractivity contribution in [2.75, 3.05) is 13.7 Å². The second kappa shape index (κ2) is 13.1. The molecule has 1 heterocycles. The average Bonchev–Trinajstić information content (AvgIpc) is 2.89. The summed E-state index contributed by atoms with van der Waals surface area (Å²) in [6.07, 6.45) is -3.98. The number of Topliss-reactive ketones (excluding diaryl/α,β-unsaturated/α-hetero) is 1. The number of carbonyl (C=O) groups is 2. The number of hydrogen-bond donors (Lipinski definition) is 5. The molecule has 9 heteroatoms. The molecule has 2 aromatic rings. The van der Waals surface area contributed by atoms with Crippen molar-refractivity contribution in [1.29, 1.82) is 0 Å². The number of aliphatic hydroxyl groups is 4. The van der Waals surface area contributed by atoms with Gasteiger partial charge in [-0.1, -0.05) is 24.3 Å². The highest BCUT2D eigenvalue weighted by molar-refractivity contribution is 5.82. The minimum absolute atomic E-state index is 0.0417. The highest BCUT2D eigenvalue weighted by Gasteiger charge is 2.44. The lowest BCUT2D eigenvalue weighted by molar-refractivity contribution is -0.232. The van der Waals surface area contributed by atoms with Gasteiger partial charge in [0.05, 0.1) is 20.1 Å². The predicted molar refractivity (Wildman–Crippen MR) is 134 cm³/mol. The average molecular weight is 517 g/mol. The van der Waals surface area contributed by atoms with E-state index in [0.717, 1.165) is 28.7 Å². The lowest BCUT2D eigenvalue weighted by Crippen LogP contribution is -2.55. The summed E-state index contributed by atoms with van der Waals surface area (Å²) < 4.78 is 10.2. The molecule has 1 aliphatic rings. The zero-order chi connectivity index (χ0) is 27.1. The summed E-state index contributed by atoms with van der Waals surface area (Å²) >= 11 is 0. The molecule has 1 saturated heterocycles. The molecular formula is C28H36O9. The summed E-state index contributed by atoms with van der Waals surface area (Å²) in [4.78, 5) is 23.1. The molecule has 3 rings (SSSR count). The number of benzene rings is 2. The number of ketones is 1. The molecule has 0 aromatic heterocycles. The molecule has 9 nitrogen and oxygen atoms in total. The topological polar surface area (TPSA) is 154 Å². The Morgan fingerprint density at radius 2 is 1.62 bits per heavy atom. The molecule has 0 radical (unpaired) electrons. The summed E-state index contributed by atoms with van der Waals surface area (Å²) in [6.45, 7) is 1.31. The highest BCUT2D eigenvalue weighted by atomic mass is 16.5. The smallest absolute Gasteiger partial charge is 0.305 e. The van der Waals surface area contributed by atoms with E-state index >= 15 is 0 Å². The largest absolute Gasteiger partial charge is 0.508 e. The van der Waals surface area contributed by atoms with Crippen LogP contribution in [0.4, 0.5) is 0 Å². The molecule has 202 valence electrons. The van der Waals surface area contributed by atoms with E-state index in [-0.39, 0.29) is 35.9 Å². The fourth-order valence-electron chi connectivity index (χ4n) is 4.54. The second-order valence-corrected chi connectivity index (χ2v) is 9.55. The molecule has 5 atom stereocenters. The molecule has 37 heavy (non-hydrogen) atoms. The first-order chi connectivity index (χ1) is 17.6. The zero-order valence-electron chi connectivity index (χ0n) is 21.2. The number of aliphatic hydroxyl groups excluding tert-OH is 4. The van der Waals surface area contributed by atoms with Crippen LogP contribution in [0.1, 0.15) is 59.6 Å². The van der Waals surface area contributed by atoms with Crippen molar-refractivity contribution in [1.82, 2.24) is 0 Å². The number of phenols is 1. The van der Waals surface area contributed by atoms with Gasteiger partial charge >= 0.3 is 5.97 Å². The van der Waals surface area contributed by atoms with Crippen molar-refractivity contribution in [2.45, 2.75) is 76.0 Å². The number of hydrogen-bond acceptors (Lipinski definition) is 9. The molecule has 0 amide bonds. The second-order valence-electron chi connectivity index (χ2n) is 9.55. The van der Waals surface area contributed by atoms with E-state index in [4.69, 9.17) is 4.74 Å². The van der Waals surface area contributed by atoms with Gasteiger partial charge in [-0.2, -0.15) is 0 Å². The first-order valence-electron chi connectivity index (χ1n) is 12.4.